The summed E-state index contributed by atoms with van der Waals surface area (Å²) < 4.78 is 5.10. The van der Waals surface area contributed by atoms with Gasteiger partial charge in [0.1, 0.15) is 11.5 Å². The standard InChI is InChI=1S/C11H10ClNO.C2H6/c1-7-8(2)14-13-11(7)9-5-3-4-6-10(9)12;1-2/h3-6H,1-2H3;1-2H3. The number of rotatable bonds is 1. The highest BCUT2D eigenvalue weighted by molar-refractivity contribution is 6.33. The molecule has 1 aromatic carbocycles. The van der Waals surface area contributed by atoms with E-state index in [4.69, 9.17) is 16.1 Å². The first-order valence-electron chi connectivity index (χ1n) is 5.38. The fourth-order valence-corrected chi connectivity index (χ4v) is 1.55. The van der Waals surface area contributed by atoms with Crippen LogP contribution in [-0.2, 0) is 0 Å². The first kappa shape index (κ1) is 12.8. The smallest absolute Gasteiger partial charge is 0.137 e. The molecule has 1 aromatic heterocycles. The molecule has 0 fully saturated rings. The van der Waals surface area contributed by atoms with E-state index in [2.05, 4.69) is 5.16 Å². The van der Waals surface area contributed by atoms with Gasteiger partial charge in [-0.2, -0.15) is 0 Å². The second-order valence-electron chi connectivity index (χ2n) is 3.19. The van der Waals surface area contributed by atoms with Gasteiger partial charge in [0, 0.05) is 11.1 Å². The van der Waals surface area contributed by atoms with Gasteiger partial charge in [0.15, 0.2) is 0 Å². The number of halogens is 1. The van der Waals surface area contributed by atoms with E-state index < -0.39 is 0 Å². The van der Waals surface area contributed by atoms with Crippen LogP contribution >= 0.6 is 11.6 Å². The van der Waals surface area contributed by atoms with Crippen LogP contribution in [0.3, 0.4) is 0 Å². The fraction of sp³-hybridized carbons (Fsp3) is 0.308. The maximum atomic E-state index is 6.06. The molecule has 2 nitrogen and oxygen atoms in total. The normalized spacial score (nSPS) is 9.56. The maximum absolute atomic E-state index is 6.06. The lowest BCUT2D eigenvalue weighted by atomic mass is 10.1. The Kier molecular flexibility index (Phi) is 4.56. The Bertz CT molecular complexity index is 463. The zero-order valence-corrected chi connectivity index (χ0v) is 10.8. The molecule has 16 heavy (non-hydrogen) atoms. The number of hydrogen-bond donors (Lipinski definition) is 0. The van der Waals surface area contributed by atoms with Crippen LogP contribution in [0.25, 0.3) is 11.3 Å². The van der Waals surface area contributed by atoms with Crippen molar-refractivity contribution < 1.29 is 4.52 Å². The van der Waals surface area contributed by atoms with Gasteiger partial charge in [-0.1, -0.05) is 48.8 Å². The van der Waals surface area contributed by atoms with Gasteiger partial charge in [0.25, 0.3) is 0 Å². The van der Waals surface area contributed by atoms with Crippen LogP contribution in [0.5, 0.6) is 0 Å². The third kappa shape index (κ3) is 2.45. The number of benzene rings is 1. The monoisotopic (exact) mass is 237 g/mol. The van der Waals surface area contributed by atoms with E-state index >= 15 is 0 Å². The predicted octanol–water partition coefficient (Wildman–Crippen LogP) is 4.64. The highest BCUT2D eigenvalue weighted by atomic mass is 35.5. The Balaban J connectivity index is 0.000000606. The van der Waals surface area contributed by atoms with E-state index in [9.17, 15) is 0 Å². The van der Waals surface area contributed by atoms with E-state index in [1.807, 2.05) is 52.0 Å². The molecule has 0 radical (unpaired) electrons. The zero-order valence-electron chi connectivity index (χ0n) is 10.0. The average Bonchev–Trinajstić information content (AvgIpc) is 2.64. The molecule has 86 valence electrons. The second kappa shape index (κ2) is 5.71. The van der Waals surface area contributed by atoms with Gasteiger partial charge in [-0.25, -0.2) is 0 Å². The van der Waals surface area contributed by atoms with Gasteiger partial charge in [-0.15, -0.1) is 0 Å². The summed E-state index contributed by atoms with van der Waals surface area (Å²) in [4.78, 5) is 0. The Morgan fingerprint density at radius 3 is 2.25 bits per heavy atom. The van der Waals surface area contributed by atoms with Gasteiger partial charge in [0.05, 0.1) is 5.02 Å². The molecule has 2 aromatic rings. The Hall–Kier alpha value is -1.28. The lowest BCUT2D eigenvalue weighted by molar-refractivity contribution is 0.398. The van der Waals surface area contributed by atoms with Crippen molar-refractivity contribution in [3.63, 3.8) is 0 Å². The van der Waals surface area contributed by atoms with Crippen LogP contribution < -0.4 is 0 Å². The minimum absolute atomic E-state index is 0.698. The molecule has 0 saturated carbocycles. The topological polar surface area (TPSA) is 26.0 Å². The van der Waals surface area contributed by atoms with Crippen LogP contribution in [-0.4, -0.2) is 5.16 Å². The summed E-state index contributed by atoms with van der Waals surface area (Å²) in [6.45, 7) is 7.87. The Morgan fingerprint density at radius 2 is 1.75 bits per heavy atom. The average molecular weight is 238 g/mol. The molecule has 3 heteroatoms. The molecule has 0 saturated heterocycles. The molecule has 0 aliphatic carbocycles. The van der Waals surface area contributed by atoms with Crippen LogP contribution in [0.15, 0.2) is 28.8 Å². The second-order valence-corrected chi connectivity index (χ2v) is 3.60. The molecular weight excluding hydrogens is 222 g/mol. The zero-order chi connectivity index (χ0) is 12.1. The van der Waals surface area contributed by atoms with E-state index in [0.29, 0.717) is 5.02 Å². The van der Waals surface area contributed by atoms with Crippen molar-refractivity contribution in [1.29, 1.82) is 0 Å². The quantitative estimate of drug-likeness (QED) is 0.722. The summed E-state index contributed by atoms with van der Waals surface area (Å²) >= 11 is 6.06. The summed E-state index contributed by atoms with van der Waals surface area (Å²) in [5.41, 5.74) is 2.79. The van der Waals surface area contributed by atoms with Crippen molar-refractivity contribution in [3.05, 3.63) is 40.6 Å². The van der Waals surface area contributed by atoms with Crippen LogP contribution in [0, 0.1) is 13.8 Å². The predicted molar refractivity (Wildman–Crippen MR) is 67.8 cm³/mol. The van der Waals surface area contributed by atoms with E-state index in [1.54, 1.807) is 0 Å². The third-order valence-electron chi connectivity index (χ3n) is 2.29. The van der Waals surface area contributed by atoms with E-state index in [1.165, 1.54) is 0 Å². The van der Waals surface area contributed by atoms with Gasteiger partial charge in [-0.05, 0) is 19.9 Å². The SMILES string of the molecule is CC.Cc1onc(-c2ccccc2Cl)c1C. The van der Waals surface area contributed by atoms with Crippen LogP contribution in [0.1, 0.15) is 25.2 Å². The highest BCUT2D eigenvalue weighted by Crippen LogP contribution is 2.29. The van der Waals surface area contributed by atoms with Gasteiger partial charge in [0.2, 0.25) is 0 Å². The van der Waals surface area contributed by atoms with Crippen molar-refractivity contribution in [1.82, 2.24) is 5.16 Å². The molecule has 1 heterocycles. The molecule has 0 unspecified atom stereocenters. The number of hydrogen-bond acceptors (Lipinski definition) is 2. The molecule has 0 N–H and O–H groups in total. The summed E-state index contributed by atoms with van der Waals surface area (Å²) in [7, 11) is 0. The summed E-state index contributed by atoms with van der Waals surface area (Å²) in [6.07, 6.45) is 0. The molecule has 0 spiro atoms. The van der Waals surface area contributed by atoms with Crippen molar-refractivity contribution in [3.8, 4) is 11.3 Å². The summed E-state index contributed by atoms with van der Waals surface area (Å²) in [5, 5.41) is 4.69. The number of nitrogens with zero attached hydrogens (tertiary/aromatic N) is 1. The maximum Gasteiger partial charge on any atom is 0.137 e. The Labute approximate surface area is 101 Å². The minimum Gasteiger partial charge on any atom is -0.361 e. The van der Waals surface area contributed by atoms with E-state index in [-0.39, 0.29) is 0 Å². The lowest BCUT2D eigenvalue weighted by Gasteiger charge is -1.99. The minimum atomic E-state index is 0.698. The summed E-state index contributed by atoms with van der Waals surface area (Å²) in [5.74, 6) is 0.833. The van der Waals surface area contributed by atoms with Gasteiger partial charge >= 0.3 is 0 Å². The highest BCUT2D eigenvalue weighted by Gasteiger charge is 2.12. The number of aromatic nitrogens is 1. The van der Waals surface area contributed by atoms with Gasteiger partial charge < -0.3 is 4.52 Å². The van der Waals surface area contributed by atoms with E-state index in [0.717, 1.165) is 22.6 Å². The van der Waals surface area contributed by atoms with Gasteiger partial charge in [-0.3, -0.25) is 0 Å². The largest absolute Gasteiger partial charge is 0.361 e. The molecule has 0 atom stereocenters. The lowest BCUT2D eigenvalue weighted by Crippen LogP contribution is -1.82. The Morgan fingerprint density at radius 1 is 1.12 bits per heavy atom. The van der Waals surface area contributed by atoms with Crippen LogP contribution in [0.2, 0.25) is 5.02 Å². The van der Waals surface area contributed by atoms with Crippen molar-refractivity contribution in [2.45, 2.75) is 27.7 Å². The van der Waals surface area contributed by atoms with Crippen LogP contribution in [0.4, 0.5) is 0 Å². The summed E-state index contributed by atoms with van der Waals surface area (Å²) in [6, 6.07) is 7.62. The molecule has 0 bridgehead atoms. The molecule has 0 aliphatic rings. The number of aryl methyl sites for hydroxylation is 1. The van der Waals surface area contributed by atoms with Crippen molar-refractivity contribution >= 4 is 11.6 Å². The first-order chi connectivity index (χ1) is 7.70. The van der Waals surface area contributed by atoms with Crippen molar-refractivity contribution in [2.24, 2.45) is 0 Å². The first-order valence-corrected chi connectivity index (χ1v) is 5.75. The fourth-order valence-electron chi connectivity index (χ4n) is 1.32. The molecule has 2 rings (SSSR count). The molecule has 0 aliphatic heterocycles. The van der Waals surface area contributed by atoms with Crippen molar-refractivity contribution in [2.75, 3.05) is 0 Å². The third-order valence-corrected chi connectivity index (χ3v) is 2.62. The molecule has 0 amide bonds. The molecular formula is C13H16ClNO.